The molecule has 0 aliphatic heterocycles. The molecule has 2 rings (SSSR count). The van der Waals surface area contributed by atoms with Gasteiger partial charge in [-0.05, 0) is 24.1 Å². The summed E-state index contributed by atoms with van der Waals surface area (Å²) in [4.78, 5) is 5.23. The maximum Gasteiger partial charge on any atom is 0.142 e. The summed E-state index contributed by atoms with van der Waals surface area (Å²) in [5.41, 5.74) is 4.26. The Morgan fingerprint density at radius 1 is 1.21 bits per heavy atom. The van der Waals surface area contributed by atoms with Gasteiger partial charge in [-0.15, -0.1) is 0 Å². The van der Waals surface area contributed by atoms with E-state index in [0.717, 1.165) is 16.7 Å². The lowest BCUT2D eigenvalue weighted by molar-refractivity contribution is 0.132. The second-order valence-electron chi connectivity index (χ2n) is 4.29. The van der Waals surface area contributed by atoms with E-state index in [0.29, 0.717) is 6.61 Å². The molecular formula is C17H16NO. The van der Waals surface area contributed by atoms with Gasteiger partial charge in [-0.25, -0.2) is 0 Å². The topological polar surface area (TPSA) is 21.6 Å². The molecule has 0 aliphatic rings. The molecule has 1 radical (unpaired) electrons. The van der Waals surface area contributed by atoms with Crippen molar-refractivity contribution >= 4 is 12.3 Å². The van der Waals surface area contributed by atoms with Crippen LogP contribution in [0.4, 0.5) is 0 Å². The molecule has 0 heterocycles. The first-order valence-corrected chi connectivity index (χ1v) is 6.14. The van der Waals surface area contributed by atoms with Gasteiger partial charge in [0.15, 0.2) is 0 Å². The van der Waals surface area contributed by atoms with E-state index in [4.69, 9.17) is 4.84 Å². The smallest absolute Gasteiger partial charge is 0.142 e. The van der Waals surface area contributed by atoms with Crippen LogP contribution in [0, 0.1) is 6.92 Å². The van der Waals surface area contributed by atoms with E-state index >= 15 is 0 Å². The summed E-state index contributed by atoms with van der Waals surface area (Å²) in [6.07, 6.45) is 4.68. The van der Waals surface area contributed by atoms with Crippen molar-refractivity contribution in [2.75, 3.05) is 0 Å². The second-order valence-corrected chi connectivity index (χ2v) is 4.29. The van der Waals surface area contributed by atoms with Crippen LogP contribution in [0.5, 0.6) is 0 Å². The lowest BCUT2D eigenvalue weighted by atomic mass is 10.1. The summed E-state index contributed by atoms with van der Waals surface area (Å²) in [7, 11) is 0. The molecule has 2 aromatic rings. The van der Waals surface area contributed by atoms with Crippen molar-refractivity contribution in [1.29, 1.82) is 0 Å². The fourth-order valence-corrected chi connectivity index (χ4v) is 1.66. The third kappa shape index (κ3) is 4.11. The second kappa shape index (κ2) is 6.55. The van der Waals surface area contributed by atoms with E-state index in [1.54, 1.807) is 0 Å². The van der Waals surface area contributed by atoms with E-state index in [1.165, 1.54) is 5.56 Å². The zero-order chi connectivity index (χ0) is 13.5. The summed E-state index contributed by atoms with van der Waals surface area (Å²) < 4.78 is 0. The highest BCUT2D eigenvalue weighted by atomic mass is 16.6. The minimum atomic E-state index is 0.441. The summed E-state index contributed by atoms with van der Waals surface area (Å²) >= 11 is 0. The molecule has 2 heteroatoms. The van der Waals surface area contributed by atoms with E-state index in [-0.39, 0.29) is 0 Å². The number of aryl methyl sites for hydroxylation is 1. The fraction of sp³-hybridized carbons (Fsp3) is 0.118. The van der Waals surface area contributed by atoms with Crippen LogP contribution < -0.4 is 0 Å². The lowest BCUT2D eigenvalue weighted by Crippen LogP contribution is -1.88. The fourth-order valence-electron chi connectivity index (χ4n) is 1.66. The molecule has 0 unspecified atom stereocenters. The zero-order valence-corrected chi connectivity index (χ0v) is 11.0. The predicted octanol–water partition coefficient (Wildman–Crippen LogP) is 4.07. The molecule has 2 nitrogen and oxygen atoms in total. The zero-order valence-electron chi connectivity index (χ0n) is 11.0. The van der Waals surface area contributed by atoms with Crippen LogP contribution in [0.3, 0.4) is 0 Å². The van der Waals surface area contributed by atoms with Crippen molar-refractivity contribution in [2.24, 2.45) is 5.16 Å². The number of rotatable bonds is 5. The van der Waals surface area contributed by atoms with Crippen molar-refractivity contribution in [2.45, 2.75) is 13.5 Å². The first-order valence-electron chi connectivity index (χ1n) is 6.14. The maximum atomic E-state index is 5.23. The molecule has 19 heavy (non-hydrogen) atoms. The van der Waals surface area contributed by atoms with Crippen molar-refractivity contribution < 1.29 is 4.84 Å². The van der Waals surface area contributed by atoms with E-state index < -0.39 is 0 Å². The largest absolute Gasteiger partial charge is 0.390 e. The van der Waals surface area contributed by atoms with Gasteiger partial charge in [0.25, 0.3) is 0 Å². The molecule has 0 aliphatic carbocycles. The molecule has 0 fully saturated rings. The normalized spacial score (nSPS) is 10.6. The van der Waals surface area contributed by atoms with Crippen LogP contribution >= 0.6 is 0 Å². The van der Waals surface area contributed by atoms with Gasteiger partial charge in [0.1, 0.15) is 12.8 Å². The highest BCUT2D eigenvalue weighted by Gasteiger charge is 1.93. The van der Waals surface area contributed by atoms with Gasteiger partial charge in [0, 0.05) is 5.56 Å². The van der Waals surface area contributed by atoms with E-state index in [9.17, 15) is 0 Å². The molecule has 0 atom stereocenters. The van der Waals surface area contributed by atoms with Gasteiger partial charge in [-0.2, -0.15) is 0 Å². The molecule has 0 N–H and O–H groups in total. The molecule has 95 valence electrons. The van der Waals surface area contributed by atoms with Crippen molar-refractivity contribution in [3.63, 3.8) is 0 Å². The molecule has 0 bridgehead atoms. The molecular weight excluding hydrogens is 234 g/mol. The van der Waals surface area contributed by atoms with E-state index in [1.807, 2.05) is 61.5 Å². The SMILES string of the molecule is C=Cc1ccc(CON=[C]c2cccc(C)c2)cc1. The van der Waals surface area contributed by atoms with Gasteiger partial charge >= 0.3 is 0 Å². The highest BCUT2D eigenvalue weighted by molar-refractivity contribution is 5.79. The van der Waals surface area contributed by atoms with Crippen LogP contribution in [0.15, 0.2) is 60.3 Å². The maximum absolute atomic E-state index is 5.23. The highest BCUT2D eigenvalue weighted by Crippen LogP contribution is 2.07. The predicted molar refractivity (Wildman–Crippen MR) is 79.0 cm³/mol. The average Bonchev–Trinajstić information content (AvgIpc) is 2.44. The van der Waals surface area contributed by atoms with Crippen LogP contribution in [0.1, 0.15) is 22.3 Å². The number of benzene rings is 2. The molecule has 0 aromatic heterocycles. The Kier molecular flexibility index (Phi) is 4.51. The standard InChI is InChI=1S/C17H16NO/c1-3-15-7-9-16(10-8-15)13-19-18-12-17-6-4-5-14(2)11-17/h3-11H,1,13H2,2H3. The monoisotopic (exact) mass is 250 g/mol. The van der Waals surface area contributed by atoms with Crippen molar-refractivity contribution in [3.8, 4) is 0 Å². The third-order valence-corrected chi connectivity index (χ3v) is 2.70. The Morgan fingerprint density at radius 3 is 2.68 bits per heavy atom. The van der Waals surface area contributed by atoms with Crippen LogP contribution in [-0.4, -0.2) is 6.21 Å². The summed E-state index contributed by atoms with van der Waals surface area (Å²) in [5, 5.41) is 3.85. The Bertz CT molecular complexity index is 570. The molecule has 0 amide bonds. The first kappa shape index (κ1) is 13.1. The Labute approximate surface area is 114 Å². The molecule has 0 saturated heterocycles. The average molecular weight is 250 g/mol. The number of hydrogen-bond acceptors (Lipinski definition) is 2. The summed E-state index contributed by atoms with van der Waals surface area (Å²) in [5.74, 6) is 0. The van der Waals surface area contributed by atoms with Gasteiger partial charge in [0.05, 0.1) is 0 Å². The lowest BCUT2D eigenvalue weighted by Gasteiger charge is -2.00. The first-order chi connectivity index (χ1) is 9.28. The quantitative estimate of drug-likeness (QED) is 0.579. The van der Waals surface area contributed by atoms with Gasteiger partial charge in [0.2, 0.25) is 0 Å². The summed E-state index contributed by atoms with van der Waals surface area (Å²) in [6, 6.07) is 16.0. The number of hydrogen-bond donors (Lipinski definition) is 0. The Balaban J connectivity index is 1.87. The van der Waals surface area contributed by atoms with Gasteiger partial charge in [-0.1, -0.05) is 65.8 Å². The molecule has 0 saturated carbocycles. The van der Waals surface area contributed by atoms with Gasteiger partial charge in [-0.3, -0.25) is 0 Å². The Hall–Kier alpha value is -2.35. The third-order valence-electron chi connectivity index (χ3n) is 2.70. The molecule has 2 aromatic carbocycles. The van der Waals surface area contributed by atoms with Crippen LogP contribution in [0.25, 0.3) is 6.08 Å². The minimum Gasteiger partial charge on any atom is -0.390 e. The van der Waals surface area contributed by atoms with Crippen molar-refractivity contribution in [3.05, 3.63) is 77.4 Å². The van der Waals surface area contributed by atoms with Crippen molar-refractivity contribution in [1.82, 2.24) is 0 Å². The molecule has 0 spiro atoms. The van der Waals surface area contributed by atoms with Gasteiger partial charge < -0.3 is 4.84 Å². The van der Waals surface area contributed by atoms with E-state index in [2.05, 4.69) is 17.9 Å². The van der Waals surface area contributed by atoms with Crippen LogP contribution in [-0.2, 0) is 11.4 Å². The number of nitrogens with zero attached hydrogens (tertiary/aromatic N) is 1. The summed E-state index contributed by atoms with van der Waals surface area (Å²) in [6.45, 7) is 6.19. The van der Waals surface area contributed by atoms with Crippen LogP contribution in [0.2, 0.25) is 0 Å². The Morgan fingerprint density at radius 2 is 2.00 bits per heavy atom. The minimum absolute atomic E-state index is 0.441.